The van der Waals surface area contributed by atoms with Crippen molar-refractivity contribution in [2.75, 3.05) is 23.5 Å². The van der Waals surface area contributed by atoms with Gasteiger partial charge in [0.05, 0.1) is 18.4 Å². The first kappa shape index (κ1) is 30.3. The number of hydrogen-bond acceptors (Lipinski definition) is 7. The molecule has 2 heterocycles. The molecular formula is C30H28BrCl2N5O3S. The number of benzene rings is 3. The third-order valence-electron chi connectivity index (χ3n) is 6.53. The summed E-state index contributed by atoms with van der Waals surface area (Å²) < 4.78 is 14.4. The van der Waals surface area contributed by atoms with Gasteiger partial charge < -0.3 is 20.1 Å². The molecule has 0 fully saturated rings. The van der Waals surface area contributed by atoms with E-state index in [-0.39, 0.29) is 12.5 Å². The van der Waals surface area contributed by atoms with E-state index < -0.39 is 6.04 Å². The Kier molecular flexibility index (Phi) is 9.67. The molecule has 0 bridgehead atoms. The number of carbonyl (C=O) groups is 1. The highest BCUT2D eigenvalue weighted by atomic mass is 79.9. The molecule has 3 aromatic carbocycles. The Balaban J connectivity index is 1.59. The van der Waals surface area contributed by atoms with Crippen molar-refractivity contribution in [1.82, 2.24) is 14.8 Å². The number of halogens is 3. The van der Waals surface area contributed by atoms with Crippen LogP contribution < -0.4 is 20.1 Å². The van der Waals surface area contributed by atoms with Crippen molar-refractivity contribution in [3.8, 4) is 11.5 Å². The third kappa shape index (κ3) is 6.57. The van der Waals surface area contributed by atoms with E-state index in [0.717, 1.165) is 27.8 Å². The van der Waals surface area contributed by atoms with Crippen molar-refractivity contribution in [3.63, 3.8) is 0 Å². The number of fused-ring (bicyclic) bond motifs is 1. The molecule has 2 N–H and O–H groups in total. The summed E-state index contributed by atoms with van der Waals surface area (Å²) >= 11 is 17.7. The van der Waals surface area contributed by atoms with Gasteiger partial charge in [0.2, 0.25) is 11.1 Å². The predicted octanol–water partition coefficient (Wildman–Crippen LogP) is 8.36. The Morgan fingerprint density at radius 3 is 2.71 bits per heavy atom. The highest BCUT2D eigenvalue weighted by Crippen LogP contribution is 2.42. The first-order valence-electron chi connectivity index (χ1n) is 13.2. The first-order chi connectivity index (χ1) is 20.3. The second-order valence-corrected chi connectivity index (χ2v) is 12.3. The highest BCUT2D eigenvalue weighted by molar-refractivity contribution is 9.10. The minimum atomic E-state index is -0.660. The summed E-state index contributed by atoms with van der Waals surface area (Å²) in [6, 6.07) is 17.6. The molecule has 0 spiro atoms. The Labute approximate surface area is 266 Å². The Morgan fingerprint density at radius 1 is 1.14 bits per heavy atom. The molecule has 0 radical (unpaired) electrons. The van der Waals surface area contributed by atoms with E-state index in [9.17, 15) is 4.79 Å². The summed E-state index contributed by atoms with van der Waals surface area (Å²) in [6.07, 6.45) is 0.978. The predicted molar refractivity (Wildman–Crippen MR) is 172 cm³/mol. The number of methoxy groups -OCH3 is 1. The molecular weight excluding hydrogens is 661 g/mol. The number of allylic oxidation sites excluding steroid dienone is 1. The van der Waals surface area contributed by atoms with Crippen molar-refractivity contribution in [1.29, 1.82) is 0 Å². The number of hydrogen-bond donors (Lipinski definition) is 2. The zero-order chi connectivity index (χ0) is 29.8. The lowest BCUT2D eigenvalue weighted by Gasteiger charge is -2.30. The lowest BCUT2D eigenvalue weighted by molar-refractivity contribution is -0.113. The number of para-hydroxylation sites is 2. The van der Waals surface area contributed by atoms with Gasteiger partial charge in [-0.1, -0.05) is 76.0 Å². The third-order valence-corrected chi connectivity index (χ3v) is 8.66. The van der Waals surface area contributed by atoms with Crippen molar-refractivity contribution >= 4 is 68.4 Å². The molecule has 12 heteroatoms. The molecule has 1 aliphatic heterocycles. The molecule has 0 saturated heterocycles. The summed E-state index contributed by atoms with van der Waals surface area (Å²) in [7, 11) is 1.57. The summed E-state index contributed by atoms with van der Waals surface area (Å²) in [6.45, 7) is 4.16. The van der Waals surface area contributed by atoms with Crippen LogP contribution in [0.1, 0.15) is 37.4 Å². The van der Waals surface area contributed by atoms with E-state index in [2.05, 4.69) is 33.5 Å². The quantitative estimate of drug-likeness (QED) is 0.162. The number of nitrogens with zero attached hydrogens (tertiary/aromatic N) is 3. The zero-order valence-electron chi connectivity index (χ0n) is 23.1. The van der Waals surface area contributed by atoms with Crippen LogP contribution in [-0.4, -0.2) is 33.5 Å². The average Bonchev–Trinajstić information content (AvgIpc) is 3.37. The lowest BCUT2D eigenvalue weighted by Crippen LogP contribution is -2.32. The molecule has 8 nitrogen and oxygen atoms in total. The van der Waals surface area contributed by atoms with Crippen molar-refractivity contribution in [2.24, 2.45) is 0 Å². The molecule has 0 saturated carbocycles. The number of amides is 1. The van der Waals surface area contributed by atoms with Crippen molar-refractivity contribution in [3.05, 3.63) is 97.6 Å². The standard InChI is InChI=1S/C30H28BrCl2N5O3S/c1-4-13-42-30-36-29-34-17(2)26(28(39)35-23-7-5-6-8-25(23)40-3)27(38(29)37-30)21-14-19(31)10-12-24(21)41-16-18-9-11-20(32)15-22(18)33/h5-12,14-15,27H,4,13,16H2,1-3H3,(H,35,39)(H,34,36,37). The number of anilines is 2. The first-order valence-corrected chi connectivity index (χ1v) is 15.7. The normalized spacial score (nSPS) is 14.3. The number of ether oxygens (including phenoxy) is 2. The summed E-state index contributed by atoms with van der Waals surface area (Å²) in [4.78, 5) is 18.8. The maximum absolute atomic E-state index is 14.1. The summed E-state index contributed by atoms with van der Waals surface area (Å²) in [5.41, 5.74) is 3.15. The van der Waals surface area contributed by atoms with Gasteiger partial charge in [0, 0.05) is 37.1 Å². The molecule has 42 heavy (non-hydrogen) atoms. The second kappa shape index (κ2) is 13.4. The molecule has 5 rings (SSSR count). The smallest absolute Gasteiger partial charge is 0.255 e. The summed E-state index contributed by atoms with van der Waals surface area (Å²) in [5, 5.41) is 12.8. The van der Waals surface area contributed by atoms with E-state index in [1.54, 1.807) is 47.8 Å². The fraction of sp³-hybridized carbons (Fsp3) is 0.233. The van der Waals surface area contributed by atoms with Gasteiger partial charge in [-0.15, -0.1) is 5.10 Å². The van der Waals surface area contributed by atoms with Gasteiger partial charge in [-0.3, -0.25) is 4.79 Å². The van der Waals surface area contributed by atoms with Crippen LogP contribution in [0, 0.1) is 0 Å². The number of aromatic nitrogens is 3. The van der Waals surface area contributed by atoms with E-state index >= 15 is 0 Å². The molecule has 1 aromatic heterocycles. The van der Waals surface area contributed by atoms with E-state index in [4.69, 9.17) is 42.8 Å². The largest absolute Gasteiger partial charge is 0.495 e. The van der Waals surface area contributed by atoms with Crippen LogP contribution in [0.25, 0.3) is 0 Å². The van der Waals surface area contributed by atoms with Crippen LogP contribution in [0.2, 0.25) is 10.0 Å². The molecule has 0 aliphatic carbocycles. The van der Waals surface area contributed by atoms with Crippen LogP contribution in [-0.2, 0) is 11.4 Å². The van der Waals surface area contributed by atoms with Gasteiger partial charge in [-0.25, -0.2) is 4.68 Å². The average molecular weight is 689 g/mol. The topological polar surface area (TPSA) is 90.3 Å². The second-order valence-electron chi connectivity index (χ2n) is 9.44. The minimum Gasteiger partial charge on any atom is -0.495 e. The SMILES string of the molecule is CCCSc1nc2n(n1)C(c1cc(Br)ccc1OCc1ccc(Cl)cc1Cl)C(C(=O)Nc1ccccc1OC)=C(C)N2. The molecule has 4 aromatic rings. The molecule has 1 aliphatic rings. The lowest BCUT2D eigenvalue weighted by atomic mass is 9.94. The van der Waals surface area contributed by atoms with E-state index in [0.29, 0.717) is 49.6 Å². The number of rotatable bonds is 10. The summed E-state index contributed by atoms with van der Waals surface area (Å²) in [5.74, 6) is 2.21. The molecule has 1 amide bonds. The Bertz CT molecular complexity index is 1660. The zero-order valence-corrected chi connectivity index (χ0v) is 27.0. The van der Waals surface area contributed by atoms with Crippen molar-refractivity contribution < 1.29 is 14.3 Å². The van der Waals surface area contributed by atoms with Gasteiger partial charge in [0.15, 0.2) is 0 Å². The maximum Gasteiger partial charge on any atom is 0.255 e. The fourth-order valence-electron chi connectivity index (χ4n) is 4.56. The molecule has 1 unspecified atom stereocenters. The van der Waals surface area contributed by atoms with Gasteiger partial charge in [0.25, 0.3) is 5.91 Å². The van der Waals surface area contributed by atoms with E-state index in [1.165, 1.54) is 0 Å². The number of thioether (sulfide) groups is 1. The van der Waals surface area contributed by atoms with Gasteiger partial charge in [-0.05, 0) is 55.8 Å². The van der Waals surface area contributed by atoms with Crippen LogP contribution in [0.4, 0.5) is 11.6 Å². The van der Waals surface area contributed by atoms with Gasteiger partial charge >= 0.3 is 0 Å². The van der Waals surface area contributed by atoms with Crippen LogP contribution >= 0.6 is 50.9 Å². The maximum atomic E-state index is 14.1. The Morgan fingerprint density at radius 2 is 1.95 bits per heavy atom. The molecule has 1 atom stereocenters. The van der Waals surface area contributed by atoms with Crippen LogP contribution in [0.3, 0.4) is 0 Å². The highest BCUT2D eigenvalue weighted by Gasteiger charge is 2.36. The number of carbonyl (C=O) groups excluding carboxylic acids is 1. The van der Waals surface area contributed by atoms with Crippen LogP contribution in [0.5, 0.6) is 11.5 Å². The number of nitrogens with one attached hydrogen (secondary N) is 2. The van der Waals surface area contributed by atoms with Gasteiger partial charge in [-0.2, -0.15) is 4.98 Å². The van der Waals surface area contributed by atoms with Gasteiger partial charge in [0.1, 0.15) is 24.1 Å². The van der Waals surface area contributed by atoms with Crippen molar-refractivity contribution in [2.45, 2.75) is 38.1 Å². The minimum absolute atomic E-state index is 0.197. The molecule has 218 valence electrons. The van der Waals surface area contributed by atoms with E-state index in [1.807, 2.05) is 43.3 Å². The fourth-order valence-corrected chi connectivity index (χ4v) is 6.09. The monoisotopic (exact) mass is 687 g/mol. The Hall–Kier alpha value is -3.18. The van der Waals surface area contributed by atoms with Crippen LogP contribution in [0.15, 0.2) is 81.6 Å².